The highest BCUT2D eigenvalue weighted by Crippen LogP contribution is 2.21. The number of aliphatic imine (C=N–C) groups is 1. The quantitative estimate of drug-likeness (QED) is 0.306. The first-order valence-corrected chi connectivity index (χ1v) is 9.42. The van der Waals surface area contributed by atoms with Gasteiger partial charge in [-0.25, -0.2) is 4.99 Å². The minimum absolute atomic E-state index is 0. The molecule has 1 aromatic heterocycles. The van der Waals surface area contributed by atoms with Gasteiger partial charge in [-0.1, -0.05) is 6.92 Å². The molecule has 11 heteroatoms. The summed E-state index contributed by atoms with van der Waals surface area (Å²) in [7, 11) is 0. The molecule has 1 aromatic rings. The number of nitrogens with zero attached hydrogens (tertiary/aromatic N) is 3. The fourth-order valence-electron chi connectivity index (χ4n) is 3.27. The Morgan fingerprint density at radius 3 is 2.69 bits per heavy atom. The van der Waals surface area contributed by atoms with E-state index in [2.05, 4.69) is 10.3 Å². The van der Waals surface area contributed by atoms with Crippen LogP contribution in [0.15, 0.2) is 21.5 Å². The predicted molar refractivity (Wildman–Crippen MR) is 115 cm³/mol. The number of rotatable bonds is 8. The van der Waals surface area contributed by atoms with Crippen molar-refractivity contribution in [3.63, 3.8) is 0 Å². The molecule has 1 fully saturated rings. The smallest absolute Gasteiger partial charge is 0.401 e. The monoisotopic (exact) mass is 531 g/mol. The summed E-state index contributed by atoms with van der Waals surface area (Å²) in [6.45, 7) is 5.87. The lowest BCUT2D eigenvalue weighted by Crippen LogP contribution is -2.41. The van der Waals surface area contributed by atoms with E-state index in [1.54, 1.807) is 13.0 Å². The number of carbonyl (C=O) groups is 1. The van der Waals surface area contributed by atoms with Crippen LogP contribution in [0, 0.1) is 5.92 Å². The molecule has 0 aromatic carbocycles. The van der Waals surface area contributed by atoms with Crippen LogP contribution < -0.4 is 11.1 Å². The highest BCUT2D eigenvalue weighted by Gasteiger charge is 2.33. The molecule has 0 bridgehead atoms. The molecule has 2 rings (SSSR count). The lowest BCUT2D eigenvalue weighted by atomic mass is 10.1. The highest BCUT2D eigenvalue weighted by atomic mass is 127. The van der Waals surface area contributed by atoms with Crippen LogP contribution in [0.4, 0.5) is 13.2 Å². The molecule has 166 valence electrons. The molecule has 1 aliphatic rings. The van der Waals surface area contributed by atoms with E-state index in [0.29, 0.717) is 37.9 Å². The Morgan fingerprint density at radius 2 is 2.14 bits per heavy atom. The van der Waals surface area contributed by atoms with Gasteiger partial charge in [0.25, 0.3) is 5.91 Å². The van der Waals surface area contributed by atoms with Crippen LogP contribution >= 0.6 is 24.0 Å². The summed E-state index contributed by atoms with van der Waals surface area (Å²) >= 11 is 0. The van der Waals surface area contributed by atoms with E-state index < -0.39 is 18.6 Å². The number of nitrogens with two attached hydrogens (primary N) is 1. The van der Waals surface area contributed by atoms with Crippen molar-refractivity contribution in [1.29, 1.82) is 0 Å². The van der Waals surface area contributed by atoms with Crippen LogP contribution in [0.3, 0.4) is 0 Å². The largest absolute Gasteiger partial charge is 0.454 e. The third kappa shape index (κ3) is 8.41. The zero-order chi connectivity index (χ0) is 20.7. The number of carbonyl (C=O) groups excluding carboxylic acids is 1. The third-order valence-electron chi connectivity index (χ3n) is 4.58. The van der Waals surface area contributed by atoms with Gasteiger partial charge in [0.15, 0.2) is 11.7 Å². The SMILES string of the molecule is CCNC(=NCc1ccc(C(N)=O)o1)N1CCC(CN(CC)CC(F)(F)F)C1.I. The fourth-order valence-corrected chi connectivity index (χ4v) is 3.27. The molecule has 1 unspecified atom stereocenters. The van der Waals surface area contributed by atoms with Gasteiger partial charge in [-0.3, -0.25) is 9.69 Å². The minimum Gasteiger partial charge on any atom is -0.454 e. The first kappa shape index (κ1) is 25.5. The Labute approximate surface area is 185 Å². The number of guanidine groups is 1. The number of furan rings is 1. The molecule has 29 heavy (non-hydrogen) atoms. The molecule has 1 saturated heterocycles. The second-order valence-electron chi connectivity index (χ2n) is 6.84. The highest BCUT2D eigenvalue weighted by molar-refractivity contribution is 14.0. The number of primary amides is 1. The van der Waals surface area contributed by atoms with Crippen molar-refractivity contribution in [3.05, 3.63) is 23.7 Å². The first-order valence-electron chi connectivity index (χ1n) is 9.42. The van der Waals surface area contributed by atoms with Crippen LogP contribution in [-0.2, 0) is 6.54 Å². The van der Waals surface area contributed by atoms with Gasteiger partial charge in [0, 0.05) is 26.2 Å². The van der Waals surface area contributed by atoms with Gasteiger partial charge in [0.2, 0.25) is 0 Å². The van der Waals surface area contributed by atoms with E-state index in [1.807, 2.05) is 11.8 Å². The maximum absolute atomic E-state index is 12.7. The molecule has 1 aliphatic heterocycles. The normalized spacial score (nSPS) is 17.5. The number of amides is 1. The molecular weight excluding hydrogens is 502 g/mol. The van der Waals surface area contributed by atoms with Crippen molar-refractivity contribution in [3.8, 4) is 0 Å². The molecule has 1 atom stereocenters. The van der Waals surface area contributed by atoms with Gasteiger partial charge in [-0.2, -0.15) is 13.2 Å². The summed E-state index contributed by atoms with van der Waals surface area (Å²) in [6, 6.07) is 3.15. The Balaban J connectivity index is 0.00000420. The zero-order valence-corrected chi connectivity index (χ0v) is 19.0. The summed E-state index contributed by atoms with van der Waals surface area (Å²) in [5, 5.41) is 3.20. The maximum atomic E-state index is 12.7. The van der Waals surface area contributed by atoms with E-state index in [9.17, 15) is 18.0 Å². The summed E-state index contributed by atoms with van der Waals surface area (Å²) in [5.74, 6) is 0.795. The average Bonchev–Trinajstić information content (AvgIpc) is 3.26. The first-order chi connectivity index (χ1) is 13.2. The second-order valence-corrected chi connectivity index (χ2v) is 6.84. The van der Waals surface area contributed by atoms with Crippen LogP contribution in [0.2, 0.25) is 0 Å². The summed E-state index contributed by atoms with van der Waals surface area (Å²) in [6.07, 6.45) is -3.37. The van der Waals surface area contributed by atoms with Gasteiger partial charge in [0.05, 0.1) is 6.54 Å². The van der Waals surface area contributed by atoms with Crippen molar-refractivity contribution in [2.45, 2.75) is 33.0 Å². The van der Waals surface area contributed by atoms with Gasteiger partial charge in [0.1, 0.15) is 12.3 Å². The van der Waals surface area contributed by atoms with Crippen LogP contribution in [0.1, 0.15) is 36.6 Å². The van der Waals surface area contributed by atoms with Crippen LogP contribution in [-0.4, -0.2) is 67.1 Å². The van der Waals surface area contributed by atoms with Crippen molar-refractivity contribution in [2.24, 2.45) is 16.6 Å². The second kappa shape index (κ2) is 11.6. The summed E-state index contributed by atoms with van der Waals surface area (Å²) in [5.41, 5.74) is 5.17. The van der Waals surface area contributed by atoms with E-state index in [4.69, 9.17) is 10.2 Å². The van der Waals surface area contributed by atoms with Gasteiger partial charge in [-0.15, -0.1) is 24.0 Å². The number of hydrogen-bond acceptors (Lipinski definition) is 4. The zero-order valence-electron chi connectivity index (χ0n) is 16.7. The molecule has 3 N–H and O–H groups in total. The van der Waals surface area contributed by atoms with E-state index >= 15 is 0 Å². The Morgan fingerprint density at radius 1 is 1.41 bits per heavy atom. The van der Waals surface area contributed by atoms with Crippen molar-refractivity contribution in [1.82, 2.24) is 15.1 Å². The van der Waals surface area contributed by atoms with Gasteiger partial charge >= 0.3 is 6.18 Å². The summed E-state index contributed by atoms with van der Waals surface area (Å²) in [4.78, 5) is 19.1. The molecule has 0 spiro atoms. The Kier molecular flexibility index (Phi) is 10.2. The topological polar surface area (TPSA) is 87.1 Å². The minimum atomic E-state index is -4.18. The number of hydrogen-bond donors (Lipinski definition) is 2. The standard InChI is InChI=1S/C18H28F3N5O2.HI/c1-3-23-17(24-9-14-5-6-15(28-14)16(22)27)26-8-7-13(11-26)10-25(4-2)12-18(19,20)21;/h5-6,13H,3-4,7-12H2,1-2H3,(H2,22,27)(H,23,24);1H. The van der Waals surface area contributed by atoms with Gasteiger partial charge < -0.3 is 20.4 Å². The summed E-state index contributed by atoms with van der Waals surface area (Å²) < 4.78 is 43.3. The third-order valence-corrected chi connectivity index (χ3v) is 4.58. The Hall–Kier alpha value is -1.50. The number of nitrogens with one attached hydrogen (secondary N) is 1. The van der Waals surface area contributed by atoms with E-state index in [1.165, 1.54) is 11.0 Å². The molecular formula is C18H29F3IN5O2. The molecule has 0 saturated carbocycles. The van der Waals surface area contributed by atoms with Crippen molar-refractivity contribution < 1.29 is 22.4 Å². The predicted octanol–water partition coefficient (Wildman–Crippen LogP) is 2.67. The number of likely N-dealkylation sites (tertiary alicyclic amines) is 1. The lowest BCUT2D eigenvalue weighted by molar-refractivity contribution is -0.146. The fraction of sp³-hybridized carbons (Fsp3) is 0.667. The van der Waals surface area contributed by atoms with Gasteiger partial charge in [-0.05, 0) is 37.9 Å². The molecule has 1 amide bonds. The van der Waals surface area contributed by atoms with E-state index in [-0.39, 0.29) is 42.2 Å². The average molecular weight is 531 g/mol. The number of alkyl halides is 3. The molecule has 7 nitrogen and oxygen atoms in total. The Bertz CT molecular complexity index is 681. The van der Waals surface area contributed by atoms with Crippen LogP contribution in [0.5, 0.6) is 0 Å². The van der Waals surface area contributed by atoms with E-state index in [0.717, 1.165) is 13.0 Å². The molecule has 0 radical (unpaired) electrons. The van der Waals surface area contributed by atoms with Crippen molar-refractivity contribution >= 4 is 35.8 Å². The van der Waals surface area contributed by atoms with Crippen LogP contribution in [0.25, 0.3) is 0 Å². The molecule has 0 aliphatic carbocycles. The maximum Gasteiger partial charge on any atom is 0.401 e. The van der Waals surface area contributed by atoms with Crippen molar-refractivity contribution in [2.75, 3.05) is 39.3 Å². The lowest BCUT2D eigenvalue weighted by Gasteiger charge is -2.26. The molecule has 2 heterocycles. The number of halogens is 4.